The van der Waals surface area contributed by atoms with Gasteiger partial charge in [0.1, 0.15) is 17.7 Å². The normalized spacial score (nSPS) is 16.3. The number of halogens is 2. The van der Waals surface area contributed by atoms with Crippen molar-refractivity contribution in [3.05, 3.63) is 99.3 Å². The van der Waals surface area contributed by atoms with E-state index in [0.717, 1.165) is 34.2 Å². The van der Waals surface area contributed by atoms with Crippen LogP contribution < -0.4 is 4.74 Å². The lowest BCUT2D eigenvalue weighted by atomic mass is 9.88. The van der Waals surface area contributed by atoms with Gasteiger partial charge in [-0.2, -0.15) is 0 Å². The minimum absolute atomic E-state index is 0.0239. The standard InChI is InChI=1S/C24H20BrFO3/c25-18-6-11-21-17(13-18)5-12-23(21)29-20-9-3-16(4-10-20)22(14-24(27)28)15-1-7-19(26)8-2-15/h1-4,6-11,13,22-23H,5,12,14H2,(H,27,28). The molecule has 29 heavy (non-hydrogen) atoms. The Morgan fingerprint density at radius 1 is 1.07 bits per heavy atom. The number of benzene rings is 3. The third-order valence-corrected chi connectivity index (χ3v) is 5.83. The molecule has 3 nitrogen and oxygen atoms in total. The molecule has 1 aliphatic rings. The summed E-state index contributed by atoms with van der Waals surface area (Å²) in [5, 5.41) is 9.32. The van der Waals surface area contributed by atoms with Crippen LogP contribution >= 0.6 is 15.9 Å². The molecule has 5 heteroatoms. The predicted octanol–water partition coefficient (Wildman–Crippen LogP) is 6.26. The second-order valence-electron chi connectivity index (χ2n) is 7.26. The van der Waals surface area contributed by atoms with Crippen molar-refractivity contribution in [2.45, 2.75) is 31.3 Å². The Labute approximate surface area is 177 Å². The fraction of sp³-hybridized carbons (Fsp3) is 0.208. The summed E-state index contributed by atoms with van der Waals surface area (Å²) in [4.78, 5) is 11.4. The summed E-state index contributed by atoms with van der Waals surface area (Å²) in [7, 11) is 0. The fourth-order valence-electron chi connectivity index (χ4n) is 3.91. The molecule has 0 bridgehead atoms. The molecule has 3 aromatic carbocycles. The Kier molecular flexibility index (Phi) is 5.67. The van der Waals surface area contributed by atoms with Gasteiger partial charge in [0.05, 0.1) is 6.42 Å². The van der Waals surface area contributed by atoms with Crippen LogP contribution in [0.25, 0.3) is 0 Å². The zero-order valence-electron chi connectivity index (χ0n) is 15.6. The highest BCUT2D eigenvalue weighted by Crippen LogP contribution is 2.37. The van der Waals surface area contributed by atoms with Crippen LogP contribution in [0, 0.1) is 5.82 Å². The van der Waals surface area contributed by atoms with Crippen molar-refractivity contribution in [1.29, 1.82) is 0 Å². The van der Waals surface area contributed by atoms with Gasteiger partial charge in [-0.25, -0.2) is 4.39 Å². The number of hydrogen-bond acceptors (Lipinski definition) is 2. The maximum absolute atomic E-state index is 13.3. The van der Waals surface area contributed by atoms with E-state index in [2.05, 4.69) is 28.1 Å². The molecule has 0 amide bonds. The monoisotopic (exact) mass is 454 g/mol. The van der Waals surface area contributed by atoms with Crippen LogP contribution in [-0.4, -0.2) is 11.1 Å². The van der Waals surface area contributed by atoms with E-state index in [1.807, 2.05) is 30.3 Å². The highest BCUT2D eigenvalue weighted by molar-refractivity contribution is 9.10. The van der Waals surface area contributed by atoms with E-state index in [1.165, 1.54) is 23.3 Å². The van der Waals surface area contributed by atoms with Gasteiger partial charge >= 0.3 is 5.97 Å². The van der Waals surface area contributed by atoms with Crippen LogP contribution in [0.5, 0.6) is 5.75 Å². The van der Waals surface area contributed by atoms with Crippen molar-refractivity contribution in [3.63, 3.8) is 0 Å². The van der Waals surface area contributed by atoms with E-state index in [-0.39, 0.29) is 24.3 Å². The van der Waals surface area contributed by atoms with Gasteiger partial charge in [0, 0.05) is 10.4 Å². The Bertz CT molecular complexity index is 1020. The van der Waals surface area contributed by atoms with Gasteiger partial charge in [0.2, 0.25) is 0 Å². The zero-order valence-corrected chi connectivity index (χ0v) is 17.2. The van der Waals surface area contributed by atoms with Crippen LogP contribution in [0.2, 0.25) is 0 Å². The third-order valence-electron chi connectivity index (χ3n) is 5.34. The molecular formula is C24H20BrFO3. The van der Waals surface area contributed by atoms with Crippen molar-refractivity contribution >= 4 is 21.9 Å². The van der Waals surface area contributed by atoms with E-state index in [9.17, 15) is 14.3 Å². The molecule has 2 unspecified atom stereocenters. The number of fused-ring (bicyclic) bond motifs is 1. The van der Waals surface area contributed by atoms with E-state index in [0.29, 0.717) is 0 Å². The molecule has 0 aliphatic heterocycles. The minimum atomic E-state index is -0.895. The van der Waals surface area contributed by atoms with E-state index < -0.39 is 5.97 Å². The molecule has 2 atom stereocenters. The van der Waals surface area contributed by atoms with Crippen molar-refractivity contribution in [3.8, 4) is 5.75 Å². The number of aliphatic carboxylic acids is 1. The van der Waals surface area contributed by atoms with Crippen LogP contribution in [-0.2, 0) is 11.2 Å². The highest BCUT2D eigenvalue weighted by Gasteiger charge is 2.24. The summed E-state index contributed by atoms with van der Waals surface area (Å²) in [6, 6.07) is 19.8. The lowest BCUT2D eigenvalue weighted by molar-refractivity contribution is -0.137. The topological polar surface area (TPSA) is 46.5 Å². The maximum atomic E-state index is 13.3. The second kappa shape index (κ2) is 8.37. The summed E-state index contributed by atoms with van der Waals surface area (Å²) in [5.41, 5.74) is 4.16. The summed E-state index contributed by atoms with van der Waals surface area (Å²) in [6.07, 6.45) is 1.89. The van der Waals surface area contributed by atoms with Gasteiger partial charge in [-0.15, -0.1) is 0 Å². The van der Waals surface area contributed by atoms with Gasteiger partial charge in [-0.1, -0.05) is 46.3 Å². The Balaban J connectivity index is 1.53. The first-order valence-electron chi connectivity index (χ1n) is 9.52. The molecule has 0 saturated heterocycles. The first-order valence-corrected chi connectivity index (χ1v) is 10.3. The Morgan fingerprint density at radius 3 is 2.38 bits per heavy atom. The molecule has 1 N–H and O–H groups in total. The van der Waals surface area contributed by atoms with Gasteiger partial charge in [0.25, 0.3) is 0 Å². The maximum Gasteiger partial charge on any atom is 0.304 e. The molecule has 0 saturated carbocycles. The summed E-state index contributed by atoms with van der Waals surface area (Å²) >= 11 is 3.51. The number of hydrogen-bond donors (Lipinski definition) is 1. The number of ether oxygens (including phenoxy) is 1. The lowest BCUT2D eigenvalue weighted by Gasteiger charge is -2.18. The molecule has 4 rings (SSSR count). The Morgan fingerprint density at radius 2 is 1.72 bits per heavy atom. The SMILES string of the molecule is O=C(O)CC(c1ccc(F)cc1)c1ccc(OC2CCc3cc(Br)ccc32)cc1. The zero-order chi connectivity index (χ0) is 20.4. The highest BCUT2D eigenvalue weighted by atomic mass is 79.9. The van der Waals surface area contributed by atoms with Gasteiger partial charge in [0.15, 0.2) is 0 Å². The van der Waals surface area contributed by atoms with Crippen molar-refractivity contribution in [2.24, 2.45) is 0 Å². The summed E-state index contributed by atoms with van der Waals surface area (Å²) < 4.78 is 20.5. The van der Waals surface area contributed by atoms with Gasteiger partial charge in [-0.3, -0.25) is 4.79 Å². The lowest BCUT2D eigenvalue weighted by Crippen LogP contribution is -2.08. The first kappa shape index (κ1) is 19.6. The van der Waals surface area contributed by atoms with Crippen LogP contribution in [0.1, 0.15) is 47.1 Å². The average Bonchev–Trinajstić information content (AvgIpc) is 3.09. The molecule has 0 aromatic heterocycles. The first-order chi connectivity index (χ1) is 14.0. The van der Waals surface area contributed by atoms with E-state index in [1.54, 1.807) is 12.1 Å². The van der Waals surface area contributed by atoms with Gasteiger partial charge in [-0.05, 0) is 71.5 Å². The quantitative estimate of drug-likeness (QED) is 0.477. The van der Waals surface area contributed by atoms with Crippen LogP contribution in [0.3, 0.4) is 0 Å². The van der Waals surface area contributed by atoms with Crippen molar-refractivity contribution in [1.82, 2.24) is 0 Å². The summed E-state index contributed by atoms with van der Waals surface area (Å²) in [6.45, 7) is 0. The molecule has 0 radical (unpaired) electrons. The summed E-state index contributed by atoms with van der Waals surface area (Å²) in [5.74, 6) is -0.821. The van der Waals surface area contributed by atoms with Crippen LogP contribution in [0.4, 0.5) is 4.39 Å². The van der Waals surface area contributed by atoms with Gasteiger partial charge < -0.3 is 9.84 Å². The third kappa shape index (κ3) is 4.51. The minimum Gasteiger partial charge on any atom is -0.486 e. The number of carboxylic acid groups (broad SMARTS) is 1. The molecule has 148 valence electrons. The Hall–Kier alpha value is -2.66. The van der Waals surface area contributed by atoms with Crippen molar-refractivity contribution < 1.29 is 19.0 Å². The molecule has 0 heterocycles. The molecular weight excluding hydrogens is 435 g/mol. The molecule has 1 aliphatic carbocycles. The number of carboxylic acids is 1. The molecule has 0 spiro atoms. The fourth-order valence-corrected chi connectivity index (χ4v) is 4.32. The van der Waals surface area contributed by atoms with E-state index >= 15 is 0 Å². The number of rotatable bonds is 6. The predicted molar refractivity (Wildman–Crippen MR) is 113 cm³/mol. The van der Waals surface area contributed by atoms with Crippen molar-refractivity contribution in [2.75, 3.05) is 0 Å². The molecule has 3 aromatic rings. The van der Waals surface area contributed by atoms with Crippen LogP contribution in [0.15, 0.2) is 71.2 Å². The average molecular weight is 455 g/mol. The molecule has 0 fully saturated rings. The number of aryl methyl sites for hydroxylation is 1. The van der Waals surface area contributed by atoms with E-state index in [4.69, 9.17) is 4.74 Å². The second-order valence-corrected chi connectivity index (χ2v) is 8.18. The largest absolute Gasteiger partial charge is 0.486 e. The number of carbonyl (C=O) groups is 1. The smallest absolute Gasteiger partial charge is 0.304 e.